The molecule has 0 radical (unpaired) electrons. The van der Waals surface area contributed by atoms with Crippen molar-refractivity contribution < 1.29 is 38.3 Å². The highest BCUT2D eigenvalue weighted by molar-refractivity contribution is 5.69. The average Bonchev–Trinajstić information content (AvgIpc) is 2.86. The summed E-state index contributed by atoms with van der Waals surface area (Å²) < 4.78 is 26.6. The summed E-state index contributed by atoms with van der Waals surface area (Å²) in [5.41, 5.74) is -0.525. The highest BCUT2D eigenvalue weighted by Gasteiger charge is 2.18. The molecule has 0 aromatic heterocycles. The quantitative estimate of drug-likeness (QED) is 0.0982. The molecule has 0 atom stereocenters. The van der Waals surface area contributed by atoms with Crippen LogP contribution in [-0.4, -0.2) is 81.8 Å². The maximum atomic E-state index is 11.5. The van der Waals surface area contributed by atoms with E-state index >= 15 is 0 Å². The molecule has 204 valence electrons. The lowest BCUT2D eigenvalue weighted by molar-refractivity contribution is -0.393. The summed E-state index contributed by atoms with van der Waals surface area (Å²) in [6.07, 6.45) is 4.64. The molecular formula is C23H37N3O10. The fourth-order valence-corrected chi connectivity index (χ4v) is 2.94. The number of carbonyl (C=O) groups is 1. The number of anilines is 1. The second-order valence-electron chi connectivity index (χ2n) is 7.62. The lowest BCUT2D eigenvalue weighted by Gasteiger charge is -2.09. The van der Waals surface area contributed by atoms with Gasteiger partial charge >= 0.3 is 5.97 Å². The Balaban J connectivity index is 1.91. The van der Waals surface area contributed by atoms with Gasteiger partial charge in [0.25, 0.3) is 11.4 Å². The van der Waals surface area contributed by atoms with Gasteiger partial charge in [-0.1, -0.05) is 26.2 Å². The maximum absolute atomic E-state index is 11.5. The number of esters is 1. The molecule has 0 fully saturated rings. The van der Waals surface area contributed by atoms with E-state index in [1.165, 1.54) is 12.1 Å². The van der Waals surface area contributed by atoms with Gasteiger partial charge in [0.2, 0.25) is 0 Å². The van der Waals surface area contributed by atoms with Crippen molar-refractivity contribution in [2.24, 2.45) is 0 Å². The number of carbonyl (C=O) groups excluding carboxylic acids is 1. The van der Waals surface area contributed by atoms with Crippen molar-refractivity contribution in [3.63, 3.8) is 0 Å². The zero-order valence-electron chi connectivity index (χ0n) is 20.8. The molecule has 1 aromatic carbocycles. The Morgan fingerprint density at radius 2 is 1.39 bits per heavy atom. The summed E-state index contributed by atoms with van der Waals surface area (Å²) in [5.74, 6) is -0.184. The van der Waals surface area contributed by atoms with Crippen LogP contribution in [0.1, 0.15) is 39.0 Å². The van der Waals surface area contributed by atoms with Crippen molar-refractivity contribution in [1.82, 2.24) is 0 Å². The molecule has 0 amide bonds. The number of non-ortho nitro benzene ring substituents is 1. The summed E-state index contributed by atoms with van der Waals surface area (Å²) in [6.45, 7) is 5.58. The molecule has 0 bridgehead atoms. The molecule has 0 heterocycles. The summed E-state index contributed by atoms with van der Waals surface area (Å²) >= 11 is 0. The SMILES string of the molecule is CCCCCCC(=O)OCCOCCOCCOCCOCCNc1ccc([N+](=O)[O-])cc1[N+](=O)[O-]. The van der Waals surface area contributed by atoms with Crippen molar-refractivity contribution in [1.29, 1.82) is 0 Å². The highest BCUT2D eigenvalue weighted by Crippen LogP contribution is 2.28. The predicted octanol–water partition coefficient (Wildman–Crippen LogP) is 3.49. The first-order valence-electron chi connectivity index (χ1n) is 12.1. The molecule has 1 rings (SSSR count). The van der Waals surface area contributed by atoms with Crippen LogP contribution < -0.4 is 5.32 Å². The molecule has 0 saturated heterocycles. The second kappa shape index (κ2) is 20.3. The number of ether oxygens (including phenoxy) is 5. The van der Waals surface area contributed by atoms with Crippen LogP contribution in [0.25, 0.3) is 0 Å². The van der Waals surface area contributed by atoms with E-state index in [1.54, 1.807) is 0 Å². The second-order valence-corrected chi connectivity index (χ2v) is 7.62. The van der Waals surface area contributed by atoms with Gasteiger partial charge in [-0.25, -0.2) is 0 Å². The molecular weight excluding hydrogens is 478 g/mol. The van der Waals surface area contributed by atoms with Crippen LogP contribution in [0.4, 0.5) is 17.1 Å². The number of benzene rings is 1. The van der Waals surface area contributed by atoms with Crippen LogP contribution in [-0.2, 0) is 28.5 Å². The van der Waals surface area contributed by atoms with Crippen molar-refractivity contribution in [3.8, 4) is 0 Å². The molecule has 0 unspecified atom stereocenters. The first-order chi connectivity index (χ1) is 17.5. The first kappa shape index (κ1) is 31.2. The fraction of sp³-hybridized carbons (Fsp3) is 0.696. The van der Waals surface area contributed by atoms with E-state index in [1.807, 2.05) is 0 Å². The number of nitro benzene ring substituents is 2. The van der Waals surface area contributed by atoms with Crippen LogP contribution in [0.5, 0.6) is 0 Å². The molecule has 0 aliphatic heterocycles. The van der Waals surface area contributed by atoms with Gasteiger partial charge < -0.3 is 29.0 Å². The number of nitro groups is 2. The minimum atomic E-state index is -0.684. The molecule has 13 nitrogen and oxygen atoms in total. The Bertz CT molecular complexity index is 779. The Labute approximate surface area is 210 Å². The smallest absolute Gasteiger partial charge is 0.305 e. The molecule has 36 heavy (non-hydrogen) atoms. The first-order valence-corrected chi connectivity index (χ1v) is 12.1. The summed E-state index contributed by atoms with van der Waals surface area (Å²) in [7, 11) is 0. The van der Waals surface area contributed by atoms with E-state index < -0.39 is 9.85 Å². The number of hydrogen-bond donors (Lipinski definition) is 1. The topological polar surface area (TPSA) is 162 Å². The van der Waals surface area contributed by atoms with Crippen molar-refractivity contribution in [2.75, 3.05) is 71.3 Å². The van der Waals surface area contributed by atoms with Crippen LogP contribution in [0.2, 0.25) is 0 Å². The summed E-state index contributed by atoms with van der Waals surface area (Å²) in [5, 5.41) is 24.7. The van der Waals surface area contributed by atoms with E-state index in [-0.39, 0.29) is 36.2 Å². The van der Waals surface area contributed by atoms with E-state index in [0.29, 0.717) is 59.2 Å². The van der Waals surface area contributed by atoms with E-state index in [9.17, 15) is 25.0 Å². The molecule has 13 heteroatoms. The lowest BCUT2D eigenvalue weighted by atomic mass is 10.2. The number of unbranched alkanes of at least 4 members (excludes halogenated alkanes) is 3. The largest absolute Gasteiger partial charge is 0.463 e. The van der Waals surface area contributed by atoms with Gasteiger partial charge in [-0.05, 0) is 12.5 Å². The average molecular weight is 516 g/mol. The maximum Gasteiger partial charge on any atom is 0.305 e. The summed E-state index contributed by atoms with van der Waals surface area (Å²) in [4.78, 5) is 32.0. The van der Waals surface area contributed by atoms with Crippen LogP contribution >= 0.6 is 0 Å². The van der Waals surface area contributed by atoms with Crippen LogP contribution in [0.3, 0.4) is 0 Å². The zero-order chi connectivity index (χ0) is 26.4. The van der Waals surface area contributed by atoms with Crippen LogP contribution in [0.15, 0.2) is 18.2 Å². The zero-order valence-corrected chi connectivity index (χ0v) is 20.8. The number of rotatable bonds is 23. The monoisotopic (exact) mass is 515 g/mol. The molecule has 0 spiro atoms. The van der Waals surface area contributed by atoms with Crippen LogP contribution in [0, 0.1) is 20.2 Å². The molecule has 0 saturated carbocycles. The van der Waals surface area contributed by atoms with Gasteiger partial charge in [0.05, 0.1) is 68.8 Å². The van der Waals surface area contributed by atoms with Gasteiger partial charge in [-0.15, -0.1) is 0 Å². The van der Waals surface area contributed by atoms with E-state index in [4.69, 9.17) is 23.7 Å². The third-order valence-corrected chi connectivity index (χ3v) is 4.79. The van der Waals surface area contributed by atoms with Crippen molar-refractivity contribution >= 4 is 23.0 Å². The Morgan fingerprint density at radius 3 is 1.94 bits per heavy atom. The Hall–Kier alpha value is -2.87. The molecule has 1 N–H and O–H groups in total. The summed E-state index contributed by atoms with van der Waals surface area (Å²) in [6, 6.07) is 3.42. The normalized spacial score (nSPS) is 10.8. The van der Waals surface area contributed by atoms with Gasteiger partial charge in [0, 0.05) is 19.0 Å². The van der Waals surface area contributed by atoms with Gasteiger partial charge in [-0.3, -0.25) is 25.0 Å². The minimum absolute atomic E-state index is 0.184. The van der Waals surface area contributed by atoms with E-state index in [0.717, 1.165) is 31.7 Å². The van der Waals surface area contributed by atoms with Crippen molar-refractivity contribution in [2.45, 2.75) is 39.0 Å². The number of nitrogens with zero attached hydrogens (tertiary/aromatic N) is 2. The predicted molar refractivity (Wildman–Crippen MR) is 131 cm³/mol. The number of nitrogens with one attached hydrogen (secondary N) is 1. The molecule has 0 aliphatic rings. The molecule has 1 aromatic rings. The van der Waals surface area contributed by atoms with Gasteiger partial charge in [0.15, 0.2) is 0 Å². The van der Waals surface area contributed by atoms with Gasteiger partial charge in [0.1, 0.15) is 12.3 Å². The van der Waals surface area contributed by atoms with Gasteiger partial charge in [-0.2, -0.15) is 0 Å². The lowest BCUT2D eigenvalue weighted by Crippen LogP contribution is -2.15. The highest BCUT2D eigenvalue weighted by atomic mass is 16.6. The van der Waals surface area contributed by atoms with E-state index in [2.05, 4.69) is 12.2 Å². The van der Waals surface area contributed by atoms with Crippen molar-refractivity contribution in [3.05, 3.63) is 38.4 Å². The Morgan fingerprint density at radius 1 is 0.806 bits per heavy atom. The third-order valence-electron chi connectivity index (χ3n) is 4.79. The third kappa shape index (κ3) is 15.2. The fourth-order valence-electron chi connectivity index (χ4n) is 2.94. The number of hydrogen-bond acceptors (Lipinski definition) is 11. The molecule has 0 aliphatic carbocycles. The Kier molecular flexibility index (Phi) is 17.6. The minimum Gasteiger partial charge on any atom is -0.463 e. The standard InChI is InChI=1S/C23H37N3O10/c1-2-3-4-5-6-23(27)36-18-17-35-16-15-34-14-13-33-12-11-32-10-9-24-21-8-7-20(25(28)29)19-22(21)26(30)31/h7-8,19,24H,2-6,9-18H2,1H3.